The number of amidine groups is 1. The van der Waals surface area contributed by atoms with Crippen molar-refractivity contribution in [3.05, 3.63) is 0 Å². The van der Waals surface area contributed by atoms with Gasteiger partial charge in [0.05, 0.1) is 5.54 Å². The number of carbonyl (C=O) groups is 1. The highest BCUT2D eigenvalue weighted by atomic mass is 16.5. The molecule has 4 nitrogen and oxygen atoms in total. The number of carbonyl (C=O) groups excluding carboxylic acids is 1. The summed E-state index contributed by atoms with van der Waals surface area (Å²) in [4.78, 5) is 17.3. The average molecular weight is 288 g/mol. The molecular weight excluding hydrogens is 264 g/mol. The highest BCUT2D eigenvalue weighted by Gasteiger charge is 2.54. The molecule has 1 amide bonds. The number of nitrogens with zero attached hydrogens (tertiary/aromatic N) is 1. The Labute approximate surface area is 125 Å². The molecule has 1 aliphatic heterocycles. The van der Waals surface area contributed by atoms with E-state index in [0.717, 1.165) is 43.4 Å². The molecule has 0 aromatic rings. The fourth-order valence-electron chi connectivity index (χ4n) is 6.21. The smallest absolute Gasteiger partial charge is 0.293 e. The molecule has 0 unspecified atom stereocenters. The minimum atomic E-state index is -0.568. The molecular formula is C17H24N2O2. The summed E-state index contributed by atoms with van der Waals surface area (Å²) < 4.78 is 6.05. The highest BCUT2D eigenvalue weighted by Crippen LogP contribution is 2.57. The zero-order valence-electron chi connectivity index (χ0n) is 12.6. The standard InChI is InChI=1S/C17H24N2O2/c20-14-17(3-1-2-4-17)21-15(18-14)19-16-8-11-5-12(9-16)7-13(6-11)10-16/h11-13H,1-10H2,(H,18,19,20). The van der Waals surface area contributed by atoms with Crippen LogP contribution in [0.25, 0.3) is 0 Å². The van der Waals surface area contributed by atoms with Crippen LogP contribution in [0.15, 0.2) is 4.99 Å². The highest BCUT2D eigenvalue weighted by molar-refractivity contribution is 6.05. The fraction of sp³-hybridized carbons (Fsp3) is 0.882. The van der Waals surface area contributed by atoms with Crippen LogP contribution in [0.2, 0.25) is 0 Å². The van der Waals surface area contributed by atoms with Gasteiger partial charge < -0.3 is 4.74 Å². The summed E-state index contributed by atoms with van der Waals surface area (Å²) in [5, 5.41) is 2.95. The topological polar surface area (TPSA) is 50.7 Å². The fourth-order valence-corrected chi connectivity index (χ4v) is 6.21. The second-order valence-electron chi connectivity index (χ2n) is 8.32. The first-order chi connectivity index (χ1) is 10.1. The van der Waals surface area contributed by atoms with Crippen LogP contribution in [0, 0.1) is 17.8 Å². The largest absolute Gasteiger partial charge is 0.448 e. The molecule has 4 bridgehead atoms. The summed E-state index contributed by atoms with van der Waals surface area (Å²) in [6, 6.07) is 0.545. The molecule has 5 aliphatic carbocycles. The van der Waals surface area contributed by atoms with E-state index in [1.165, 1.54) is 38.5 Å². The van der Waals surface area contributed by atoms with E-state index >= 15 is 0 Å². The van der Waals surface area contributed by atoms with E-state index in [2.05, 4.69) is 5.32 Å². The van der Waals surface area contributed by atoms with Crippen molar-refractivity contribution in [3.63, 3.8) is 0 Å². The summed E-state index contributed by atoms with van der Waals surface area (Å²) in [5.74, 6) is 2.68. The van der Waals surface area contributed by atoms with Crippen molar-refractivity contribution in [2.24, 2.45) is 22.7 Å². The minimum Gasteiger partial charge on any atom is -0.448 e. The van der Waals surface area contributed by atoms with Crippen molar-refractivity contribution in [2.45, 2.75) is 75.3 Å². The lowest BCUT2D eigenvalue weighted by Crippen LogP contribution is -2.50. The summed E-state index contributed by atoms with van der Waals surface area (Å²) in [7, 11) is 0. The Morgan fingerprint density at radius 1 is 1.00 bits per heavy atom. The maximum Gasteiger partial charge on any atom is 0.293 e. The molecule has 6 rings (SSSR count). The predicted octanol–water partition coefficient (Wildman–Crippen LogP) is 2.77. The quantitative estimate of drug-likeness (QED) is 0.806. The van der Waals surface area contributed by atoms with Gasteiger partial charge in [0.1, 0.15) is 0 Å². The molecule has 6 aliphatic rings. The Kier molecular flexibility index (Phi) is 2.39. The molecule has 5 saturated carbocycles. The van der Waals surface area contributed by atoms with Crippen LogP contribution in [-0.4, -0.2) is 23.1 Å². The number of ether oxygens (including phenoxy) is 1. The van der Waals surface area contributed by atoms with Gasteiger partial charge in [-0.05, 0) is 82.0 Å². The Hall–Kier alpha value is -1.06. The van der Waals surface area contributed by atoms with E-state index in [9.17, 15) is 4.79 Å². The van der Waals surface area contributed by atoms with Crippen molar-refractivity contribution in [2.75, 3.05) is 0 Å². The van der Waals surface area contributed by atoms with E-state index in [1.54, 1.807) is 0 Å². The third kappa shape index (κ3) is 1.80. The number of nitrogens with one attached hydrogen (secondary N) is 1. The van der Waals surface area contributed by atoms with Gasteiger partial charge in [-0.15, -0.1) is 0 Å². The van der Waals surface area contributed by atoms with Gasteiger partial charge in [0, 0.05) is 0 Å². The van der Waals surface area contributed by atoms with Gasteiger partial charge in [-0.3, -0.25) is 10.1 Å². The summed E-state index contributed by atoms with van der Waals surface area (Å²) in [6.45, 7) is 0. The van der Waals surface area contributed by atoms with Crippen LogP contribution in [0.3, 0.4) is 0 Å². The normalized spacial score (nSPS) is 48.1. The first-order valence-electron chi connectivity index (χ1n) is 8.75. The SMILES string of the molecule is O=C1NC(=NC23CC4CC(CC(C4)C2)C3)OC12CCCC2. The molecule has 0 aromatic heterocycles. The maximum atomic E-state index is 12.3. The van der Waals surface area contributed by atoms with Crippen LogP contribution in [0.5, 0.6) is 0 Å². The monoisotopic (exact) mass is 288 g/mol. The van der Waals surface area contributed by atoms with Gasteiger partial charge in [-0.1, -0.05) is 0 Å². The van der Waals surface area contributed by atoms with Gasteiger partial charge in [0.25, 0.3) is 11.9 Å². The van der Waals surface area contributed by atoms with Crippen molar-refractivity contribution in [1.82, 2.24) is 5.32 Å². The van der Waals surface area contributed by atoms with Crippen LogP contribution in [0.1, 0.15) is 64.2 Å². The van der Waals surface area contributed by atoms with Gasteiger partial charge in [0.15, 0.2) is 5.60 Å². The van der Waals surface area contributed by atoms with E-state index < -0.39 is 5.60 Å². The van der Waals surface area contributed by atoms with Crippen molar-refractivity contribution >= 4 is 11.9 Å². The van der Waals surface area contributed by atoms with Gasteiger partial charge in [0.2, 0.25) is 0 Å². The molecule has 1 spiro atoms. The van der Waals surface area contributed by atoms with E-state index in [-0.39, 0.29) is 11.4 Å². The Morgan fingerprint density at radius 2 is 1.57 bits per heavy atom. The van der Waals surface area contributed by atoms with Crippen LogP contribution >= 0.6 is 0 Å². The Morgan fingerprint density at radius 3 is 2.14 bits per heavy atom. The third-order valence-corrected chi connectivity index (χ3v) is 6.68. The lowest BCUT2D eigenvalue weighted by Gasteiger charge is -2.54. The lowest BCUT2D eigenvalue weighted by molar-refractivity contribution is -0.130. The van der Waals surface area contributed by atoms with Gasteiger partial charge >= 0.3 is 0 Å². The number of hydrogen-bond acceptors (Lipinski definition) is 3. The third-order valence-electron chi connectivity index (χ3n) is 6.68. The van der Waals surface area contributed by atoms with Crippen LogP contribution in [0.4, 0.5) is 0 Å². The number of hydrogen-bond donors (Lipinski definition) is 1. The molecule has 0 radical (unpaired) electrons. The number of rotatable bonds is 1. The van der Waals surface area contributed by atoms with Gasteiger partial charge in [-0.25, -0.2) is 4.99 Å². The minimum absolute atomic E-state index is 0.0588. The van der Waals surface area contributed by atoms with Crippen LogP contribution in [-0.2, 0) is 9.53 Å². The number of amides is 1. The first-order valence-corrected chi connectivity index (χ1v) is 8.75. The molecule has 0 atom stereocenters. The lowest BCUT2D eigenvalue weighted by atomic mass is 9.53. The van der Waals surface area contributed by atoms with Gasteiger partial charge in [-0.2, -0.15) is 0 Å². The Balaban J connectivity index is 1.43. The predicted molar refractivity (Wildman–Crippen MR) is 78.8 cm³/mol. The van der Waals surface area contributed by atoms with Crippen LogP contribution < -0.4 is 5.32 Å². The van der Waals surface area contributed by atoms with Crippen molar-refractivity contribution < 1.29 is 9.53 Å². The second kappa shape index (κ2) is 4.02. The molecule has 0 aromatic carbocycles. The summed E-state index contributed by atoms with van der Waals surface area (Å²) >= 11 is 0. The molecule has 1 N–H and O–H groups in total. The average Bonchev–Trinajstić information content (AvgIpc) is 2.96. The summed E-state index contributed by atoms with van der Waals surface area (Å²) in [6.07, 6.45) is 11.8. The second-order valence-corrected chi connectivity index (χ2v) is 8.32. The zero-order chi connectivity index (χ0) is 14.1. The van der Waals surface area contributed by atoms with E-state index in [4.69, 9.17) is 9.73 Å². The summed E-state index contributed by atoms with van der Waals surface area (Å²) in [5.41, 5.74) is -0.484. The molecule has 1 heterocycles. The molecule has 4 heteroatoms. The van der Waals surface area contributed by atoms with E-state index in [1.807, 2.05) is 0 Å². The Bertz CT molecular complexity index is 484. The van der Waals surface area contributed by atoms with Crippen molar-refractivity contribution in [3.8, 4) is 0 Å². The molecule has 1 saturated heterocycles. The molecule has 6 fully saturated rings. The number of aliphatic imine (C=N–C) groups is 1. The first kappa shape index (κ1) is 12.5. The maximum absolute atomic E-state index is 12.3. The van der Waals surface area contributed by atoms with E-state index in [0.29, 0.717) is 6.02 Å². The molecule has 21 heavy (non-hydrogen) atoms. The van der Waals surface area contributed by atoms with Crippen molar-refractivity contribution in [1.29, 1.82) is 0 Å². The molecule has 114 valence electrons. The zero-order valence-corrected chi connectivity index (χ0v) is 12.6.